The lowest BCUT2D eigenvalue weighted by Gasteiger charge is -1.83. The number of nitrogens with zero attached hydrogens (tertiary/aromatic N) is 1. The second-order valence-electron chi connectivity index (χ2n) is 2.37. The number of pyridine rings is 1. The Morgan fingerprint density at radius 3 is 1.92 bits per heavy atom. The van der Waals surface area contributed by atoms with Gasteiger partial charge < -0.3 is 16.5 Å². The zero-order valence-corrected chi connectivity index (χ0v) is 7.14. The molecular weight excluding hydrogens is 164 g/mol. The summed E-state index contributed by atoms with van der Waals surface area (Å²) in [6.07, 6.45) is 5.20. The molecule has 2 rings (SSSR count). The summed E-state index contributed by atoms with van der Waals surface area (Å²) >= 11 is 0. The van der Waals surface area contributed by atoms with E-state index in [1.807, 2.05) is 18.2 Å². The number of H-pyrrole nitrogens is 1. The Balaban J connectivity index is 0.000000132. The molecule has 0 radical (unpaired) electrons. The second kappa shape index (κ2) is 4.82. The van der Waals surface area contributed by atoms with Gasteiger partial charge in [0.1, 0.15) is 5.82 Å². The molecule has 2 aromatic heterocycles. The summed E-state index contributed by atoms with van der Waals surface area (Å²) in [7, 11) is 0. The van der Waals surface area contributed by atoms with Gasteiger partial charge in [-0.15, -0.1) is 0 Å². The second-order valence-corrected chi connectivity index (χ2v) is 2.37. The maximum atomic E-state index is 5.28. The monoisotopic (exact) mass is 176 g/mol. The minimum Gasteiger partial charge on any atom is -0.396 e. The summed E-state index contributed by atoms with van der Waals surface area (Å²) < 4.78 is 0. The van der Waals surface area contributed by atoms with Crippen LogP contribution in [0.2, 0.25) is 0 Å². The largest absolute Gasteiger partial charge is 0.396 e. The first-order chi connectivity index (χ1) is 6.30. The highest BCUT2D eigenvalue weighted by atomic mass is 14.9. The molecule has 0 aliphatic heterocycles. The van der Waals surface area contributed by atoms with Crippen molar-refractivity contribution in [1.82, 2.24) is 9.97 Å². The van der Waals surface area contributed by atoms with Crippen molar-refractivity contribution in [3.63, 3.8) is 0 Å². The fourth-order valence-corrected chi connectivity index (χ4v) is 0.707. The van der Waals surface area contributed by atoms with Gasteiger partial charge in [-0.2, -0.15) is 0 Å². The number of nitrogens with one attached hydrogen (secondary N) is 1. The number of nitrogen functional groups attached to an aromatic ring is 2. The summed E-state index contributed by atoms with van der Waals surface area (Å²) in [5.41, 5.74) is 11.2. The molecular formula is C9H12N4. The Hall–Kier alpha value is -1.97. The fraction of sp³-hybridized carbons (Fsp3) is 0. The standard InChI is InChI=1S/C5H5N.C4H7N3/c1-2-4-6-5-3-1;5-3-1-2-7-4(3)6/h1-5H;1-2,7H,5-6H2. The van der Waals surface area contributed by atoms with E-state index >= 15 is 0 Å². The van der Waals surface area contributed by atoms with Crippen LogP contribution in [0.4, 0.5) is 11.5 Å². The molecule has 0 aliphatic carbocycles. The summed E-state index contributed by atoms with van der Waals surface area (Å²) in [5.74, 6) is 0.542. The van der Waals surface area contributed by atoms with Gasteiger partial charge >= 0.3 is 0 Å². The number of nitrogens with two attached hydrogens (primary N) is 2. The zero-order valence-electron chi connectivity index (χ0n) is 7.14. The molecule has 0 amide bonds. The molecule has 0 aromatic carbocycles. The fourth-order valence-electron chi connectivity index (χ4n) is 0.707. The molecule has 0 saturated carbocycles. The van der Waals surface area contributed by atoms with Crippen molar-refractivity contribution >= 4 is 11.5 Å². The Bertz CT molecular complexity index is 285. The average molecular weight is 176 g/mol. The molecule has 0 unspecified atom stereocenters. The highest BCUT2D eigenvalue weighted by Crippen LogP contribution is 2.07. The molecule has 0 atom stereocenters. The van der Waals surface area contributed by atoms with Gasteiger partial charge in [0.25, 0.3) is 0 Å². The Labute approximate surface area is 76.6 Å². The topological polar surface area (TPSA) is 80.7 Å². The van der Waals surface area contributed by atoms with E-state index in [-0.39, 0.29) is 0 Å². The first-order valence-corrected chi connectivity index (χ1v) is 3.84. The van der Waals surface area contributed by atoms with Crippen molar-refractivity contribution < 1.29 is 0 Å². The van der Waals surface area contributed by atoms with Gasteiger partial charge in [-0.3, -0.25) is 4.98 Å². The normalized spacial score (nSPS) is 8.62. The van der Waals surface area contributed by atoms with Gasteiger partial charge in [0.2, 0.25) is 0 Å². The maximum absolute atomic E-state index is 5.28. The SMILES string of the molecule is Nc1cc[nH]c1N.c1ccncc1. The van der Waals surface area contributed by atoms with E-state index in [1.54, 1.807) is 24.7 Å². The lowest BCUT2D eigenvalue weighted by atomic mass is 10.5. The molecule has 2 aromatic rings. The number of hydrogen-bond acceptors (Lipinski definition) is 3. The molecule has 5 N–H and O–H groups in total. The Morgan fingerprint density at radius 2 is 1.77 bits per heavy atom. The summed E-state index contributed by atoms with van der Waals surface area (Å²) in [6, 6.07) is 7.43. The third kappa shape index (κ3) is 3.29. The van der Waals surface area contributed by atoms with Gasteiger partial charge in [0, 0.05) is 18.6 Å². The highest BCUT2D eigenvalue weighted by Gasteiger charge is 1.87. The maximum Gasteiger partial charge on any atom is 0.124 e. The van der Waals surface area contributed by atoms with Crippen LogP contribution in [0.15, 0.2) is 42.9 Å². The van der Waals surface area contributed by atoms with Crippen LogP contribution in [0.3, 0.4) is 0 Å². The molecule has 2 heterocycles. The van der Waals surface area contributed by atoms with Crippen LogP contribution in [-0.2, 0) is 0 Å². The van der Waals surface area contributed by atoms with Crippen molar-refractivity contribution in [3.8, 4) is 0 Å². The minimum absolute atomic E-state index is 0.542. The smallest absolute Gasteiger partial charge is 0.124 e. The van der Waals surface area contributed by atoms with Crippen molar-refractivity contribution in [3.05, 3.63) is 42.9 Å². The predicted molar refractivity (Wildman–Crippen MR) is 53.9 cm³/mol. The van der Waals surface area contributed by atoms with Gasteiger partial charge in [0.15, 0.2) is 0 Å². The van der Waals surface area contributed by atoms with Gasteiger partial charge in [-0.05, 0) is 18.2 Å². The number of hydrogen-bond donors (Lipinski definition) is 3. The van der Waals surface area contributed by atoms with Crippen molar-refractivity contribution in [2.24, 2.45) is 0 Å². The van der Waals surface area contributed by atoms with Crippen LogP contribution in [0, 0.1) is 0 Å². The van der Waals surface area contributed by atoms with Crippen LogP contribution in [0.1, 0.15) is 0 Å². The van der Waals surface area contributed by atoms with E-state index < -0.39 is 0 Å². The van der Waals surface area contributed by atoms with E-state index in [9.17, 15) is 0 Å². The quantitative estimate of drug-likeness (QED) is 0.565. The molecule has 0 aliphatic rings. The van der Waals surface area contributed by atoms with Crippen LogP contribution >= 0.6 is 0 Å². The lowest BCUT2D eigenvalue weighted by molar-refractivity contribution is 1.33. The van der Waals surface area contributed by atoms with Crippen LogP contribution < -0.4 is 11.5 Å². The van der Waals surface area contributed by atoms with Gasteiger partial charge in [0.05, 0.1) is 5.69 Å². The molecule has 4 nitrogen and oxygen atoms in total. The molecule has 0 fully saturated rings. The van der Waals surface area contributed by atoms with Crippen LogP contribution in [0.25, 0.3) is 0 Å². The van der Waals surface area contributed by atoms with Crippen LogP contribution in [0.5, 0.6) is 0 Å². The van der Waals surface area contributed by atoms with E-state index in [1.165, 1.54) is 0 Å². The van der Waals surface area contributed by atoms with Crippen molar-refractivity contribution in [2.75, 3.05) is 11.5 Å². The molecule has 68 valence electrons. The first kappa shape index (κ1) is 9.12. The number of aromatic nitrogens is 2. The number of anilines is 2. The molecule has 0 bridgehead atoms. The van der Waals surface area contributed by atoms with Gasteiger partial charge in [-0.25, -0.2) is 0 Å². The zero-order chi connectivity index (χ0) is 9.52. The summed E-state index contributed by atoms with van der Waals surface area (Å²) in [6.45, 7) is 0. The minimum atomic E-state index is 0.542. The van der Waals surface area contributed by atoms with E-state index in [0.717, 1.165) is 0 Å². The third-order valence-corrected chi connectivity index (χ3v) is 1.38. The highest BCUT2D eigenvalue weighted by molar-refractivity contribution is 5.57. The third-order valence-electron chi connectivity index (χ3n) is 1.38. The molecule has 4 heteroatoms. The van der Waals surface area contributed by atoms with Crippen LogP contribution in [-0.4, -0.2) is 9.97 Å². The van der Waals surface area contributed by atoms with E-state index in [0.29, 0.717) is 11.5 Å². The predicted octanol–water partition coefficient (Wildman–Crippen LogP) is 1.26. The molecule has 0 saturated heterocycles. The lowest BCUT2D eigenvalue weighted by Crippen LogP contribution is -1.89. The number of rotatable bonds is 0. The molecule has 13 heavy (non-hydrogen) atoms. The summed E-state index contributed by atoms with van der Waals surface area (Å²) in [5, 5.41) is 0. The van der Waals surface area contributed by atoms with Gasteiger partial charge in [-0.1, -0.05) is 6.07 Å². The van der Waals surface area contributed by atoms with E-state index in [4.69, 9.17) is 11.5 Å². The van der Waals surface area contributed by atoms with Crippen molar-refractivity contribution in [1.29, 1.82) is 0 Å². The first-order valence-electron chi connectivity index (χ1n) is 3.84. The van der Waals surface area contributed by atoms with E-state index in [2.05, 4.69) is 9.97 Å². The average Bonchev–Trinajstić information content (AvgIpc) is 2.55. The summed E-state index contributed by atoms with van der Waals surface area (Å²) in [4.78, 5) is 6.51. The Kier molecular flexibility index (Phi) is 3.38. The molecule has 0 spiro atoms. The van der Waals surface area contributed by atoms with Crippen molar-refractivity contribution in [2.45, 2.75) is 0 Å². The number of aromatic amines is 1. The Morgan fingerprint density at radius 1 is 1.08 bits per heavy atom.